The number of rotatable bonds is 17. The van der Waals surface area contributed by atoms with Crippen LogP contribution in [-0.2, 0) is 24.1 Å². The van der Waals surface area contributed by atoms with Crippen LogP contribution in [-0.4, -0.2) is 28.8 Å². The van der Waals surface area contributed by atoms with Crippen LogP contribution < -0.4 is 4.74 Å². The second-order valence-corrected chi connectivity index (χ2v) is 9.68. The minimum atomic E-state index is -0.926. The van der Waals surface area contributed by atoms with E-state index in [0.29, 0.717) is 6.42 Å². The van der Waals surface area contributed by atoms with E-state index in [1.807, 2.05) is 42.5 Å². The molecule has 0 fully saturated rings. The summed E-state index contributed by atoms with van der Waals surface area (Å²) < 4.78 is 5.78. The van der Waals surface area contributed by atoms with E-state index < -0.39 is 11.9 Å². The summed E-state index contributed by atoms with van der Waals surface area (Å²) >= 11 is 0. The summed E-state index contributed by atoms with van der Waals surface area (Å²) in [5.74, 6) is -0.500. The van der Waals surface area contributed by atoms with Crippen molar-refractivity contribution in [2.75, 3.05) is 6.61 Å². The van der Waals surface area contributed by atoms with E-state index in [9.17, 15) is 9.59 Å². The molecule has 2 N–H and O–H groups in total. The van der Waals surface area contributed by atoms with Crippen molar-refractivity contribution < 1.29 is 24.5 Å². The predicted molar refractivity (Wildman–Crippen MR) is 151 cm³/mol. The molecule has 0 saturated carbocycles. The highest BCUT2D eigenvalue weighted by molar-refractivity contribution is 5.87. The fourth-order valence-electron chi connectivity index (χ4n) is 4.48. The maximum absolute atomic E-state index is 11.1. The van der Waals surface area contributed by atoms with Gasteiger partial charge in [-0.3, -0.25) is 4.79 Å². The Morgan fingerprint density at radius 3 is 2.29 bits per heavy atom. The molecular weight excluding hydrogens is 476 g/mol. The standard InChI is InChI=1S/C33H38O5/c34-32(35)18-5-4-10-26(25-29-19-21-30(22-20-29)33(36)37)12-8-14-28-15-9-13-27(24-28)11-6-7-23-38-31-16-2-1-3-17-31/h1-3,8-9,12-13,15-17,19-22,24,26H,4-7,10-11,14,18,23,25H2,(H,34,35)(H,36,37). The van der Waals surface area contributed by atoms with Crippen LogP contribution in [0.1, 0.15) is 65.6 Å². The number of aryl methyl sites for hydroxylation is 1. The minimum absolute atomic E-state index is 0.189. The van der Waals surface area contributed by atoms with Crippen LogP contribution in [0, 0.1) is 5.92 Å². The Hall–Kier alpha value is -3.86. The summed E-state index contributed by atoms with van der Waals surface area (Å²) in [6, 6.07) is 25.6. The molecule has 0 bridgehead atoms. The van der Waals surface area contributed by atoms with Crippen molar-refractivity contribution >= 4 is 11.9 Å². The Kier molecular flexibility index (Phi) is 12.1. The summed E-state index contributed by atoms with van der Waals surface area (Å²) in [6.45, 7) is 0.722. The van der Waals surface area contributed by atoms with Crippen LogP contribution in [0.25, 0.3) is 0 Å². The number of ether oxygens (including phenoxy) is 1. The van der Waals surface area contributed by atoms with E-state index in [1.165, 1.54) is 11.1 Å². The molecule has 0 aliphatic carbocycles. The van der Waals surface area contributed by atoms with E-state index in [-0.39, 0.29) is 17.9 Å². The zero-order chi connectivity index (χ0) is 27.0. The quantitative estimate of drug-likeness (QED) is 0.145. The van der Waals surface area contributed by atoms with Crippen molar-refractivity contribution in [3.8, 4) is 5.75 Å². The highest BCUT2D eigenvalue weighted by Crippen LogP contribution is 2.19. The Morgan fingerprint density at radius 1 is 0.789 bits per heavy atom. The average Bonchev–Trinajstić information content (AvgIpc) is 2.92. The van der Waals surface area contributed by atoms with Crippen molar-refractivity contribution in [3.63, 3.8) is 0 Å². The van der Waals surface area contributed by atoms with Gasteiger partial charge in [0.2, 0.25) is 0 Å². The van der Waals surface area contributed by atoms with Crippen LogP contribution in [0.4, 0.5) is 0 Å². The number of hydrogen-bond donors (Lipinski definition) is 2. The lowest BCUT2D eigenvalue weighted by Crippen LogP contribution is -2.04. The van der Waals surface area contributed by atoms with Gasteiger partial charge < -0.3 is 14.9 Å². The first-order valence-electron chi connectivity index (χ1n) is 13.5. The maximum atomic E-state index is 11.1. The topological polar surface area (TPSA) is 83.8 Å². The number of unbranched alkanes of at least 4 members (excludes halogenated alkanes) is 2. The van der Waals surface area contributed by atoms with Gasteiger partial charge in [0.25, 0.3) is 0 Å². The van der Waals surface area contributed by atoms with Crippen molar-refractivity contribution in [3.05, 3.63) is 113 Å². The van der Waals surface area contributed by atoms with E-state index in [1.54, 1.807) is 12.1 Å². The van der Waals surface area contributed by atoms with Gasteiger partial charge in [0.15, 0.2) is 0 Å². The van der Waals surface area contributed by atoms with Crippen LogP contribution in [0.5, 0.6) is 5.75 Å². The summed E-state index contributed by atoms with van der Waals surface area (Å²) in [5, 5.41) is 18.1. The minimum Gasteiger partial charge on any atom is -0.494 e. The largest absolute Gasteiger partial charge is 0.494 e. The Bertz CT molecular complexity index is 1150. The summed E-state index contributed by atoms with van der Waals surface area (Å²) in [5.41, 5.74) is 3.97. The number of aliphatic carboxylic acids is 1. The second-order valence-electron chi connectivity index (χ2n) is 9.68. The number of carboxylic acids is 2. The number of allylic oxidation sites excluding steroid dienone is 2. The Labute approximate surface area is 225 Å². The van der Waals surface area contributed by atoms with Crippen molar-refractivity contribution in [1.82, 2.24) is 0 Å². The lowest BCUT2D eigenvalue weighted by Gasteiger charge is -2.13. The molecule has 3 aromatic carbocycles. The smallest absolute Gasteiger partial charge is 0.335 e. The number of para-hydroxylation sites is 1. The van der Waals surface area contributed by atoms with Gasteiger partial charge >= 0.3 is 11.9 Å². The third-order valence-electron chi connectivity index (χ3n) is 6.54. The molecule has 0 aromatic heterocycles. The van der Waals surface area contributed by atoms with Gasteiger partial charge in [0.1, 0.15) is 5.75 Å². The van der Waals surface area contributed by atoms with E-state index >= 15 is 0 Å². The molecule has 38 heavy (non-hydrogen) atoms. The van der Waals surface area contributed by atoms with Crippen LogP contribution in [0.15, 0.2) is 91.0 Å². The first-order chi connectivity index (χ1) is 18.5. The Balaban J connectivity index is 1.49. The zero-order valence-electron chi connectivity index (χ0n) is 21.9. The number of benzene rings is 3. The first kappa shape index (κ1) is 28.7. The van der Waals surface area contributed by atoms with Crippen molar-refractivity contribution in [1.29, 1.82) is 0 Å². The van der Waals surface area contributed by atoms with E-state index in [0.717, 1.165) is 62.9 Å². The van der Waals surface area contributed by atoms with Crippen molar-refractivity contribution in [2.45, 2.75) is 57.8 Å². The average molecular weight is 515 g/mol. The second kappa shape index (κ2) is 16.1. The van der Waals surface area contributed by atoms with Gasteiger partial charge in [0.05, 0.1) is 12.2 Å². The predicted octanol–water partition coefficient (Wildman–Crippen LogP) is 7.39. The highest BCUT2D eigenvalue weighted by atomic mass is 16.5. The number of carbonyl (C=O) groups is 2. The zero-order valence-corrected chi connectivity index (χ0v) is 21.9. The fraction of sp³-hybridized carbons (Fsp3) is 0.333. The summed E-state index contributed by atoms with van der Waals surface area (Å²) in [6.07, 6.45) is 11.8. The molecular formula is C33H38O5. The fourth-order valence-corrected chi connectivity index (χ4v) is 4.48. The van der Waals surface area contributed by atoms with Crippen LogP contribution in [0.2, 0.25) is 0 Å². The van der Waals surface area contributed by atoms with Crippen LogP contribution >= 0.6 is 0 Å². The van der Waals surface area contributed by atoms with E-state index in [2.05, 4.69) is 36.4 Å². The van der Waals surface area contributed by atoms with Gasteiger partial charge in [0, 0.05) is 6.42 Å². The molecule has 3 aromatic rings. The number of carboxylic acid groups (broad SMARTS) is 2. The maximum Gasteiger partial charge on any atom is 0.335 e. The molecule has 0 amide bonds. The molecule has 0 saturated heterocycles. The molecule has 0 radical (unpaired) electrons. The molecule has 200 valence electrons. The van der Waals surface area contributed by atoms with Gasteiger partial charge in [-0.05, 0) is 91.8 Å². The summed E-state index contributed by atoms with van der Waals surface area (Å²) in [7, 11) is 0. The molecule has 0 aliphatic heterocycles. The molecule has 5 nitrogen and oxygen atoms in total. The molecule has 5 heteroatoms. The lowest BCUT2D eigenvalue weighted by atomic mass is 9.92. The van der Waals surface area contributed by atoms with Gasteiger partial charge in [-0.15, -0.1) is 0 Å². The molecule has 3 rings (SSSR count). The number of hydrogen-bond acceptors (Lipinski definition) is 3. The molecule has 0 spiro atoms. The van der Waals surface area contributed by atoms with Crippen LogP contribution in [0.3, 0.4) is 0 Å². The van der Waals surface area contributed by atoms with Gasteiger partial charge in [-0.25, -0.2) is 4.79 Å². The lowest BCUT2D eigenvalue weighted by molar-refractivity contribution is -0.137. The SMILES string of the molecule is O=C(O)CCCCC(C=CCc1cccc(CCCCOc2ccccc2)c1)Cc1ccc(C(=O)O)cc1. The molecule has 0 heterocycles. The first-order valence-corrected chi connectivity index (χ1v) is 13.5. The van der Waals surface area contributed by atoms with Gasteiger partial charge in [-0.2, -0.15) is 0 Å². The number of aromatic carboxylic acids is 1. The Morgan fingerprint density at radius 2 is 1.55 bits per heavy atom. The van der Waals surface area contributed by atoms with E-state index in [4.69, 9.17) is 14.9 Å². The van der Waals surface area contributed by atoms with Gasteiger partial charge in [-0.1, -0.05) is 73.2 Å². The summed E-state index contributed by atoms with van der Waals surface area (Å²) in [4.78, 5) is 22.0. The highest BCUT2D eigenvalue weighted by Gasteiger charge is 2.09. The third-order valence-corrected chi connectivity index (χ3v) is 6.54. The monoisotopic (exact) mass is 514 g/mol. The molecule has 1 unspecified atom stereocenters. The van der Waals surface area contributed by atoms with Crippen molar-refractivity contribution in [2.24, 2.45) is 5.92 Å². The third kappa shape index (κ3) is 11.0. The molecule has 1 atom stereocenters. The molecule has 0 aliphatic rings. The normalized spacial score (nSPS) is 11.9.